The van der Waals surface area contributed by atoms with Gasteiger partial charge in [0.1, 0.15) is 6.61 Å². The van der Waals surface area contributed by atoms with Crippen LogP contribution in [0.25, 0.3) is 0 Å². The lowest BCUT2D eigenvalue weighted by molar-refractivity contribution is -0.151. The molecule has 1 saturated heterocycles. The van der Waals surface area contributed by atoms with Crippen LogP contribution in [0.1, 0.15) is 64.2 Å². The number of ether oxygens (including phenoxy) is 2. The Bertz CT molecular complexity index is 1140. The molecule has 38 heavy (non-hydrogen) atoms. The number of carbonyl (C=O) groups excluding carboxylic acids is 2. The molecule has 2 heterocycles. The highest BCUT2D eigenvalue weighted by Gasteiger charge is 2.43. The van der Waals surface area contributed by atoms with Crippen molar-refractivity contribution in [1.82, 2.24) is 19.7 Å². The zero-order chi connectivity index (χ0) is 26.6. The highest BCUT2D eigenvalue weighted by molar-refractivity contribution is 7.99. The molecule has 1 aromatic carbocycles. The number of amides is 1. The van der Waals surface area contributed by atoms with E-state index in [0.717, 1.165) is 5.92 Å². The van der Waals surface area contributed by atoms with Crippen LogP contribution in [0.4, 0.5) is 4.39 Å². The third-order valence-corrected chi connectivity index (χ3v) is 9.47. The number of hydrogen-bond donors (Lipinski definition) is 0. The van der Waals surface area contributed by atoms with Crippen molar-refractivity contribution in [1.29, 1.82) is 0 Å². The summed E-state index contributed by atoms with van der Waals surface area (Å²) in [5.41, 5.74) is 0. The van der Waals surface area contributed by atoms with Crippen LogP contribution in [0.5, 0.6) is 5.75 Å². The van der Waals surface area contributed by atoms with E-state index in [0.29, 0.717) is 55.4 Å². The van der Waals surface area contributed by atoms with E-state index in [9.17, 15) is 14.0 Å². The zero-order valence-electron chi connectivity index (χ0n) is 22.2. The summed E-state index contributed by atoms with van der Waals surface area (Å²) >= 11 is 1.39. The topological polar surface area (TPSA) is 86.6 Å². The average Bonchev–Trinajstić information content (AvgIpc) is 3.67. The van der Waals surface area contributed by atoms with Crippen LogP contribution in [0, 0.1) is 29.5 Å². The van der Waals surface area contributed by atoms with Gasteiger partial charge in [0.2, 0.25) is 5.91 Å². The lowest BCUT2D eigenvalue weighted by Crippen LogP contribution is -2.41. The number of esters is 1. The molecule has 2 aromatic rings. The number of benzene rings is 1. The molecule has 2 aliphatic carbocycles. The Hall–Kier alpha value is -2.62. The summed E-state index contributed by atoms with van der Waals surface area (Å²) < 4.78 is 27.2. The van der Waals surface area contributed by atoms with Crippen molar-refractivity contribution in [2.45, 2.75) is 70.2 Å². The van der Waals surface area contributed by atoms with E-state index >= 15 is 0 Å². The number of nitrogens with zero attached hydrogens (tertiary/aromatic N) is 4. The molecule has 0 spiro atoms. The Labute approximate surface area is 227 Å². The third-order valence-electron chi connectivity index (χ3n) is 8.54. The monoisotopic (exact) mass is 544 g/mol. The van der Waals surface area contributed by atoms with Crippen molar-refractivity contribution in [2.75, 3.05) is 25.4 Å². The first-order valence-corrected chi connectivity index (χ1v) is 14.8. The summed E-state index contributed by atoms with van der Waals surface area (Å²) in [5, 5.41) is 9.57. The van der Waals surface area contributed by atoms with Gasteiger partial charge in [0.15, 0.2) is 22.5 Å². The SMILES string of the molecule is CCOC(=O)C1CCN(C(=O)CSc2nnc(COc3ccccc3F)n2[C@@H](C)[C@@H]2C[C@H]3CC[C@H]2C3)CC1. The molecule has 1 aromatic heterocycles. The second-order valence-electron chi connectivity index (χ2n) is 10.8. The van der Waals surface area contributed by atoms with E-state index in [-0.39, 0.29) is 41.9 Å². The molecule has 3 fully saturated rings. The molecule has 5 rings (SSSR count). The van der Waals surface area contributed by atoms with Crippen LogP contribution in [-0.4, -0.2) is 57.0 Å². The highest BCUT2D eigenvalue weighted by atomic mass is 32.2. The number of fused-ring (bicyclic) bond motifs is 2. The minimum absolute atomic E-state index is 0.0311. The first kappa shape index (κ1) is 27.0. The molecule has 0 N–H and O–H groups in total. The molecular formula is C28H37FN4O4S. The van der Waals surface area contributed by atoms with Gasteiger partial charge >= 0.3 is 5.97 Å². The van der Waals surface area contributed by atoms with Gasteiger partial charge < -0.3 is 14.4 Å². The number of aromatic nitrogens is 3. The number of piperidine rings is 1. The van der Waals surface area contributed by atoms with E-state index in [4.69, 9.17) is 9.47 Å². The number of rotatable bonds is 10. The highest BCUT2D eigenvalue weighted by Crippen LogP contribution is 2.52. The molecular weight excluding hydrogens is 507 g/mol. The molecule has 3 aliphatic rings. The first-order valence-electron chi connectivity index (χ1n) is 13.8. The van der Waals surface area contributed by atoms with E-state index in [1.807, 2.05) is 11.8 Å². The smallest absolute Gasteiger partial charge is 0.309 e. The molecule has 0 radical (unpaired) electrons. The fraction of sp³-hybridized carbons (Fsp3) is 0.643. The zero-order valence-corrected chi connectivity index (χ0v) is 23.0. The third kappa shape index (κ3) is 5.84. The minimum atomic E-state index is -0.411. The van der Waals surface area contributed by atoms with Gasteiger partial charge in [-0.2, -0.15) is 0 Å². The number of hydrogen-bond acceptors (Lipinski definition) is 7. The van der Waals surface area contributed by atoms with Crippen LogP contribution in [0.15, 0.2) is 29.4 Å². The number of halogens is 1. The van der Waals surface area contributed by atoms with Gasteiger partial charge in [0, 0.05) is 19.1 Å². The predicted octanol–water partition coefficient (Wildman–Crippen LogP) is 4.89. The van der Waals surface area contributed by atoms with Crippen molar-refractivity contribution in [3.05, 3.63) is 35.9 Å². The van der Waals surface area contributed by atoms with E-state index in [1.165, 1.54) is 43.5 Å². The van der Waals surface area contributed by atoms with Gasteiger partial charge in [0.25, 0.3) is 0 Å². The molecule has 1 aliphatic heterocycles. The number of thioether (sulfide) groups is 1. The molecule has 1 amide bonds. The lowest BCUT2D eigenvalue weighted by atomic mass is 9.84. The Balaban J connectivity index is 1.25. The number of carbonyl (C=O) groups is 2. The molecule has 2 bridgehead atoms. The van der Waals surface area contributed by atoms with Gasteiger partial charge in [-0.05, 0) is 75.8 Å². The Kier molecular flexibility index (Phi) is 8.55. The summed E-state index contributed by atoms with van der Waals surface area (Å²) in [6.45, 7) is 5.62. The standard InChI is InChI=1S/C28H37FN4O4S/c1-3-36-27(35)20-10-12-32(13-11-20)26(34)17-38-28-31-30-25(16-37-24-7-5-4-6-23(24)29)33(28)18(2)22-15-19-8-9-21(22)14-19/h4-7,18-22H,3,8-17H2,1-2H3/t18-,19-,21-,22-/m0/s1. The second kappa shape index (κ2) is 12.1. The Morgan fingerprint density at radius 3 is 2.61 bits per heavy atom. The molecule has 10 heteroatoms. The summed E-state index contributed by atoms with van der Waals surface area (Å²) in [5.74, 6) is 2.45. The fourth-order valence-electron chi connectivity index (χ4n) is 6.54. The largest absolute Gasteiger partial charge is 0.483 e. The Morgan fingerprint density at radius 1 is 1.13 bits per heavy atom. The minimum Gasteiger partial charge on any atom is -0.483 e. The maximum Gasteiger partial charge on any atom is 0.309 e. The van der Waals surface area contributed by atoms with Crippen LogP contribution >= 0.6 is 11.8 Å². The second-order valence-corrected chi connectivity index (χ2v) is 11.7. The van der Waals surface area contributed by atoms with Gasteiger partial charge in [-0.25, -0.2) is 4.39 Å². The van der Waals surface area contributed by atoms with Crippen molar-refractivity contribution in [2.24, 2.45) is 23.7 Å². The van der Waals surface area contributed by atoms with Crippen molar-refractivity contribution < 1.29 is 23.5 Å². The van der Waals surface area contributed by atoms with Crippen LogP contribution in [-0.2, 0) is 20.9 Å². The predicted molar refractivity (Wildman–Crippen MR) is 141 cm³/mol. The van der Waals surface area contributed by atoms with Crippen molar-refractivity contribution >= 4 is 23.6 Å². The van der Waals surface area contributed by atoms with Gasteiger partial charge in [-0.1, -0.05) is 30.3 Å². The number of para-hydroxylation sites is 1. The van der Waals surface area contributed by atoms with E-state index in [1.54, 1.807) is 18.2 Å². The van der Waals surface area contributed by atoms with Gasteiger partial charge in [-0.15, -0.1) is 10.2 Å². The molecule has 0 unspecified atom stereocenters. The van der Waals surface area contributed by atoms with Gasteiger partial charge in [-0.3, -0.25) is 14.2 Å². The molecule has 4 atom stereocenters. The summed E-state index contributed by atoms with van der Waals surface area (Å²) in [6.07, 6.45) is 6.35. The average molecular weight is 545 g/mol. The van der Waals surface area contributed by atoms with E-state index < -0.39 is 5.82 Å². The molecule has 206 valence electrons. The maximum atomic E-state index is 14.2. The van der Waals surface area contributed by atoms with Crippen LogP contribution in [0.3, 0.4) is 0 Å². The molecule has 2 saturated carbocycles. The maximum absolute atomic E-state index is 14.2. The number of likely N-dealkylation sites (tertiary alicyclic amines) is 1. The molecule has 8 nitrogen and oxygen atoms in total. The van der Waals surface area contributed by atoms with Crippen LogP contribution < -0.4 is 4.74 Å². The van der Waals surface area contributed by atoms with Gasteiger partial charge in [0.05, 0.1) is 18.3 Å². The van der Waals surface area contributed by atoms with E-state index in [2.05, 4.69) is 21.7 Å². The first-order chi connectivity index (χ1) is 18.4. The summed E-state index contributed by atoms with van der Waals surface area (Å²) in [6, 6.07) is 6.52. The van der Waals surface area contributed by atoms with Crippen molar-refractivity contribution in [3.8, 4) is 5.75 Å². The fourth-order valence-corrected chi connectivity index (χ4v) is 7.48. The summed E-state index contributed by atoms with van der Waals surface area (Å²) in [7, 11) is 0. The summed E-state index contributed by atoms with van der Waals surface area (Å²) in [4.78, 5) is 26.9. The van der Waals surface area contributed by atoms with Crippen molar-refractivity contribution in [3.63, 3.8) is 0 Å². The lowest BCUT2D eigenvalue weighted by Gasteiger charge is -2.31. The quantitative estimate of drug-likeness (QED) is 0.311. The van der Waals surface area contributed by atoms with Crippen LogP contribution in [0.2, 0.25) is 0 Å². The Morgan fingerprint density at radius 2 is 1.92 bits per heavy atom. The normalized spacial score (nSPS) is 24.0.